The first-order valence-corrected chi connectivity index (χ1v) is 16.6. The van der Waals surface area contributed by atoms with Crippen LogP contribution in [0.25, 0.3) is 0 Å². The van der Waals surface area contributed by atoms with Gasteiger partial charge in [0.15, 0.2) is 0 Å². The maximum atomic E-state index is 14.4. The van der Waals surface area contributed by atoms with E-state index in [4.69, 9.17) is 11.6 Å². The molecule has 0 aliphatic heterocycles. The predicted octanol–water partition coefficient (Wildman–Crippen LogP) is 6.95. The number of carbonyl (C=O) groups is 2. The summed E-state index contributed by atoms with van der Waals surface area (Å²) in [6, 6.07) is 23.6. The third-order valence-corrected chi connectivity index (χ3v) is 9.61. The van der Waals surface area contributed by atoms with Crippen LogP contribution in [0, 0.1) is 13.8 Å². The van der Waals surface area contributed by atoms with Crippen LogP contribution in [-0.4, -0.2) is 44.3 Å². The van der Waals surface area contributed by atoms with Gasteiger partial charge in [0.05, 0.1) is 21.2 Å². The van der Waals surface area contributed by atoms with Gasteiger partial charge in [-0.15, -0.1) is 0 Å². The average molecular weight is 686 g/mol. The van der Waals surface area contributed by atoms with Gasteiger partial charge in [-0.2, -0.15) is 13.2 Å². The van der Waals surface area contributed by atoms with Gasteiger partial charge in [0.2, 0.25) is 11.8 Å². The second-order valence-electron chi connectivity index (χ2n) is 11.1. The minimum absolute atomic E-state index is 0.0675. The molecular weight excluding hydrogens is 651 g/mol. The largest absolute Gasteiger partial charge is 0.417 e. The van der Waals surface area contributed by atoms with Gasteiger partial charge < -0.3 is 10.2 Å². The molecule has 0 saturated heterocycles. The first-order valence-electron chi connectivity index (χ1n) is 14.8. The highest BCUT2D eigenvalue weighted by atomic mass is 35.5. The second-order valence-corrected chi connectivity index (χ2v) is 13.4. The molecule has 2 amide bonds. The minimum Gasteiger partial charge on any atom is -0.355 e. The number of anilines is 1. The monoisotopic (exact) mass is 685 g/mol. The number of rotatable bonds is 12. The number of alkyl halides is 3. The Bertz CT molecular complexity index is 1820. The highest BCUT2D eigenvalue weighted by Crippen LogP contribution is 2.38. The molecule has 0 aliphatic carbocycles. The van der Waals surface area contributed by atoms with Crippen molar-refractivity contribution in [1.82, 2.24) is 10.2 Å². The molecule has 0 radical (unpaired) electrons. The van der Waals surface area contributed by atoms with E-state index in [0.717, 1.165) is 28.8 Å². The zero-order chi connectivity index (χ0) is 34.4. The quantitative estimate of drug-likeness (QED) is 0.175. The van der Waals surface area contributed by atoms with Crippen molar-refractivity contribution in [3.63, 3.8) is 0 Å². The number of benzene rings is 4. The molecule has 4 aromatic rings. The van der Waals surface area contributed by atoms with E-state index >= 15 is 0 Å². The molecule has 0 heterocycles. The normalized spacial score (nSPS) is 12.3. The van der Waals surface area contributed by atoms with Gasteiger partial charge in [0, 0.05) is 19.5 Å². The standard InChI is InChI=1S/C35H35ClF3N3O4S/c1-4-40-34(44)32(20-26-10-6-5-7-11-26)41(22-27-12-8-9-25(3)19-27)33(43)23-42(47(45,46)29-16-13-24(2)14-17-29)28-15-18-31(36)30(21-28)35(37,38)39/h5-19,21,32H,4,20,22-23H2,1-3H3,(H,40,44)/t32-/m0/s1. The van der Waals surface area contributed by atoms with Crippen molar-refractivity contribution in [2.24, 2.45) is 0 Å². The molecule has 1 atom stereocenters. The van der Waals surface area contributed by atoms with E-state index in [-0.39, 0.29) is 24.4 Å². The Hall–Kier alpha value is -4.35. The summed E-state index contributed by atoms with van der Waals surface area (Å²) >= 11 is 5.87. The van der Waals surface area contributed by atoms with Crippen LogP contribution in [0.3, 0.4) is 0 Å². The lowest BCUT2D eigenvalue weighted by Gasteiger charge is -2.34. The Morgan fingerprint density at radius 1 is 0.851 bits per heavy atom. The van der Waals surface area contributed by atoms with E-state index in [1.165, 1.54) is 17.0 Å². The summed E-state index contributed by atoms with van der Waals surface area (Å²) in [4.78, 5) is 29.1. The van der Waals surface area contributed by atoms with Gasteiger partial charge >= 0.3 is 6.18 Å². The Labute approximate surface area is 278 Å². The minimum atomic E-state index is -4.90. The average Bonchev–Trinajstić information content (AvgIpc) is 3.02. The summed E-state index contributed by atoms with van der Waals surface area (Å²) in [7, 11) is -4.59. The molecule has 7 nitrogen and oxygen atoms in total. The van der Waals surface area contributed by atoms with E-state index in [9.17, 15) is 31.2 Å². The predicted molar refractivity (Wildman–Crippen MR) is 177 cm³/mol. The van der Waals surface area contributed by atoms with Gasteiger partial charge in [-0.25, -0.2) is 8.42 Å². The molecule has 0 spiro atoms. The molecule has 0 fully saturated rings. The van der Waals surface area contributed by atoms with Crippen LogP contribution in [0.15, 0.2) is 102 Å². The first kappa shape index (κ1) is 35.5. The molecule has 47 heavy (non-hydrogen) atoms. The highest BCUT2D eigenvalue weighted by Gasteiger charge is 2.37. The molecule has 0 aliphatic rings. The molecular formula is C35H35ClF3N3O4S. The van der Waals surface area contributed by atoms with Crippen molar-refractivity contribution in [2.75, 3.05) is 17.4 Å². The van der Waals surface area contributed by atoms with Crippen LogP contribution < -0.4 is 9.62 Å². The van der Waals surface area contributed by atoms with Crippen molar-refractivity contribution in [3.8, 4) is 0 Å². The Kier molecular flexibility index (Phi) is 11.4. The van der Waals surface area contributed by atoms with Crippen molar-refractivity contribution < 1.29 is 31.2 Å². The summed E-state index contributed by atoms with van der Waals surface area (Å²) < 4.78 is 70.6. The van der Waals surface area contributed by atoms with Gasteiger partial charge in [-0.1, -0.05) is 89.5 Å². The third-order valence-electron chi connectivity index (χ3n) is 7.49. The van der Waals surface area contributed by atoms with Crippen molar-refractivity contribution >= 4 is 39.1 Å². The van der Waals surface area contributed by atoms with Gasteiger partial charge in [0.1, 0.15) is 12.6 Å². The first-order chi connectivity index (χ1) is 22.2. The number of sulfonamides is 1. The van der Waals surface area contributed by atoms with Gasteiger partial charge in [0.25, 0.3) is 10.0 Å². The van der Waals surface area contributed by atoms with Crippen LogP contribution in [0.4, 0.5) is 18.9 Å². The SMILES string of the molecule is CCNC(=O)[C@H](Cc1ccccc1)N(Cc1cccc(C)c1)C(=O)CN(c1ccc(Cl)c(C(F)(F)F)c1)S(=O)(=O)c1ccc(C)cc1. The number of hydrogen-bond acceptors (Lipinski definition) is 4. The zero-order valence-electron chi connectivity index (χ0n) is 26.1. The number of aryl methyl sites for hydroxylation is 2. The molecule has 0 bridgehead atoms. The summed E-state index contributed by atoms with van der Waals surface area (Å²) in [5.74, 6) is -1.26. The summed E-state index contributed by atoms with van der Waals surface area (Å²) in [6.07, 6.45) is -4.79. The summed E-state index contributed by atoms with van der Waals surface area (Å²) in [5, 5.41) is 2.15. The van der Waals surface area contributed by atoms with E-state index in [0.29, 0.717) is 15.9 Å². The van der Waals surface area contributed by atoms with E-state index < -0.39 is 56.9 Å². The lowest BCUT2D eigenvalue weighted by molar-refractivity contribution is -0.140. The summed E-state index contributed by atoms with van der Waals surface area (Å²) in [5.41, 5.74) is 1.42. The molecule has 12 heteroatoms. The van der Waals surface area contributed by atoms with E-state index in [1.54, 1.807) is 50.2 Å². The van der Waals surface area contributed by atoms with E-state index in [2.05, 4.69) is 5.32 Å². The number of amides is 2. The fourth-order valence-corrected chi connectivity index (χ4v) is 6.74. The van der Waals surface area contributed by atoms with Gasteiger partial charge in [-0.3, -0.25) is 13.9 Å². The van der Waals surface area contributed by atoms with Crippen molar-refractivity contribution in [3.05, 3.63) is 130 Å². The maximum Gasteiger partial charge on any atom is 0.417 e. The zero-order valence-corrected chi connectivity index (χ0v) is 27.7. The molecule has 4 rings (SSSR count). The van der Waals surface area contributed by atoms with Crippen molar-refractivity contribution in [1.29, 1.82) is 0 Å². The fourth-order valence-electron chi connectivity index (χ4n) is 5.11. The maximum absolute atomic E-state index is 14.4. The number of carbonyl (C=O) groups excluding carboxylic acids is 2. The molecule has 0 unspecified atom stereocenters. The lowest BCUT2D eigenvalue weighted by atomic mass is 10.0. The van der Waals surface area contributed by atoms with Gasteiger partial charge in [-0.05, 0) is 62.2 Å². The smallest absolute Gasteiger partial charge is 0.355 e. The molecule has 0 aromatic heterocycles. The molecule has 0 saturated carbocycles. The van der Waals surface area contributed by atoms with Crippen LogP contribution in [0.5, 0.6) is 0 Å². The highest BCUT2D eigenvalue weighted by molar-refractivity contribution is 7.92. The number of halogens is 4. The fraction of sp³-hybridized carbons (Fsp3) is 0.257. The second kappa shape index (κ2) is 15.0. The van der Waals surface area contributed by atoms with Crippen molar-refractivity contribution in [2.45, 2.75) is 50.9 Å². The summed E-state index contributed by atoms with van der Waals surface area (Å²) in [6.45, 7) is 4.67. The Balaban J connectivity index is 1.86. The lowest BCUT2D eigenvalue weighted by Crippen LogP contribution is -2.53. The molecule has 1 N–H and O–H groups in total. The Morgan fingerprint density at radius 2 is 1.51 bits per heavy atom. The van der Waals surface area contributed by atoms with Crippen LogP contribution in [0.2, 0.25) is 5.02 Å². The molecule has 248 valence electrons. The molecule has 4 aromatic carbocycles. The topological polar surface area (TPSA) is 86.8 Å². The third kappa shape index (κ3) is 8.93. The van der Waals surface area contributed by atoms with Crippen LogP contribution >= 0.6 is 11.6 Å². The Morgan fingerprint density at radius 3 is 2.13 bits per heavy atom. The number of nitrogens with one attached hydrogen (secondary N) is 1. The van der Waals surface area contributed by atoms with Crippen LogP contribution in [0.1, 0.15) is 34.7 Å². The number of likely N-dealkylation sites (N-methyl/N-ethyl adjacent to an activating group) is 1. The van der Waals surface area contributed by atoms with Crippen LogP contribution in [-0.2, 0) is 38.8 Å². The number of nitrogens with zero attached hydrogens (tertiary/aromatic N) is 2. The van der Waals surface area contributed by atoms with E-state index in [1.807, 2.05) is 37.3 Å². The number of hydrogen-bond donors (Lipinski definition) is 1.